The molecule has 160 valence electrons. The van der Waals surface area contributed by atoms with Crippen LogP contribution in [-0.2, 0) is 6.54 Å². The van der Waals surface area contributed by atoms with Gasteiger partial charge in [-0.05, 0) is 42.3 Å². The Morgan fingerprint density at radius 3 is 2.68 bits per heavy atom. The molecule has 8 heteroatoms. The van der Waals surface area contributed by atoms with E-state index >= 15 is 0 Å². The molecular weight excluding hydrogens is 412 g/mol. The number of H-pyrrole nitrogens is 1. The van der Waals surface area contributed by atoms with Crippen molar-refractivity contribution in [3.8, 4) is 5.69 Å². The molecule has 0 radical (unpaired) electrons. The predicted octanol–water partition coefficient (Wildman–Crippen LogP) is 2.64. The highest BCUT2D eigenvalue weighted by Crippen LogP contribution is 2.21. The SMILES string of the molecule is Cc1ccc(CN2CCSCC2)cc1NC(=O)c1cccc(-n2[nH]c(=O)ccc2=O)c1. The van der Waals surface area contributed by atoms with Crippen molar-refractivity contribution in [3.63, 3.8) is 0 Å². The van der Waals surface area contributed by atoms with E-state index in [1.165, 1.54) is 12.1 Å². The Morgan fingerprint density at radius 1 is 1.06 bits per heavy atom. The first kappa shape index (κ1) is 21.1. The minimum atomic E-state index is -0.394. The molecule has 2 aromatic carbocycles. The monoisotopic (exact) mass is 436 g/mol. The van der Waals surface area contributed by atoms with Crippen LogP contribution in [0.15, 0.2) is 64.2 Å². The first-order valence-corrected chi connectivity index (χ1v) is 11.3. The largest absolute Gasteiger partial charge is 0.322 e. The lowest BCUT2D eigenvalue weighted by Crippen LogP contribution is -2.32. The van der Waals surface area contributed by atoms with Gasteiger partial charge in [0, 0.05) is 54.5 Å². The number of carbonyl (C=O) groups is 1. The van der Waals surface area contributed by atoms with Crippen molar-refractivity contribution < 1.29 is 4.79 Å². The highest BCUT2D eigenvalue weighted by atomic mass is 32.2. The molecule has 1 saturated heterocycles. The number of hydrogen-bond donors (Lipinski definition) is 2. The highest BCUT2D eigenvalue weighted by molar-refractivity contribution is 7.99. The third-order valence-corrected chi connectivity index (χ3v) is 6.19. The summed E-state index contributed by atoms with van der Waals surface area (Å²) in [5.41, 5.74) is 2.95. The van der Waals surface area contributed by atoms with Gasteiger partial charge in [0.1, 0.15) is 0 Å². The Balaban J connectivity index is 1.54. The van der Waals surface area contributed by atoms with Crippen molar-refractivity contribution in [2.75, 3.05) is 29.9 Å². The van der Waals surface area contributed by atoms with Crippen LogP contribution >= 0.6 is 11.8 Å². The highest BCUT2D eigenvalue weighted by Gasteiger charge is 2.13. The lowest BCUT2D eigenvalue weighted by molar-refractivity contribution is 0.102. The molecule has 2 N–H and O–H groups in total. The van der Waals surface area contributed by atoms with Gasteiger partial charge >= 0.3 is 0 Å². The summed E-state index contributed by atoms with van der Waals surface area (Å²) in [6.45, 7) is 4.98. The van der Waals surface area contributed by atoms with Crippen molar-refractivity contribution in [3.05, 3.63) is 92.0 Å². The number of aromatic amines is 1. The smallest absolute Gasteiger partial charge is 0.269 e. The molecule has 1 aliphatic heterocycles. The van der Waals surface area contributed by atoms with Gasteiger partial charge in [-0.3, -0.25) is 24.4 Å². The fourth-order valence-corrected chi connectivity index (χ4v) is 4.49. The molecule has 3 aromatic rings. The normalized spacial score (nSPS) is 14.4. The first-order valence-electron chi connectivity index (χ1n) is 10.1. The van der Waals surface area contributed by atoms with E-state index in [4.69, 9.17) is 0 Å². The fraction of sp³-hybridized carbons (Fsp3) is 0.261. The fourth-order valence-electron chi connectivity index (χ4n) is 3.52. The number of thioether (sulfide) groups is 1. The van der Waals surface area contributed by atoms with E-state index in [-0.39, 0.29) is 11.5 Å². The lowest BCUT2D eigenvalue weighted by Gasteiger charge is -2.26. The van der Waals surface area contributed by atoms with Crippen LogP contribution in [0.3, 0.4) is 0 Å². The number of amides is 1. The van der Waals surface area contributed by atoms with Crippen LogP contribution in [0.2, 0.25) is 0 Å². The average Bonchev–Trinajstić information content (AvgIpc) is 2.78. The summed E-state index contributed by atoms with van der Waals surface area (Å²) in [6.07, 6.45) is 0. The molecule has 2 heterocycles. The second-order valence-electron chi connectivity index (χ2n) is 7.53. The molecule has 0 spiro atoms. The quantitative estimate of drug-likeness (QED) is 0.642. The van der Waals surface area contributed by atoms with Crippen LogP contribution in [-0.4, -0.2) is 45.2 Å². The minimum absolute atomic E-state index is 0.275. The second kappa shape index (κ2) is 9.36. The van der Waals surface area contributed by atoms with Crippen molar-refractivity contribution >= 4 is 23.4 Å². The molecule has 0 aliphatic carbocycles. The zero-order chi connectivity index (χ0) is 21.8. The maximum absolute atomic E-state index is 12.9. The van der Waals surface area contributed by atoms with Crippen LogP contribution in [0.25, 0.3) is 5.69 Å². The molecule has 0 saturated carbocycles. The number of benzene rings is 2. The van der Waals surface area contributed by atoms with E-state index in [2.05, 4.69) is 21.4 Å². The van der Waals surface area contributed by atoms with Gasteiger partial charge in [-0.1, -0.05) is 18.2 Å². The molecule has 0 bridgehead atoms. The van der Waals surface area contributed by atoms with Crippen molar-refractivity contribution in [2.45, 2.75) is 13.5 Å². The summed E-state index contributed by atoms with van der Waals surface area (Å²) in [5.74, 6) is 2.03. The van der Waals surface area contributed by atoms with Crippen LogP contribution < -0.4 is 16.4 Å². The third-order valence-electron chi connectivity index (χ3n) is 5.25. The van der Waals surface area contributed by atoms with E-state index in [0.717, 1.165) is 52.6 Å². The number of nitrogens with one attached hydrogen (secondary N) is 2. The van der Waals surface area contributed by atoms with Gasteiger partial charge in [0.15, 0.2) is 0 Å². The summed E-state index contributed by atoms with van der Waals surface area (Å²) in [5, 5.41) is 5.46. The van der Waals surface area contributed by atoms with E-state index in [1.807, 2.05) is 30.8 Å². The first-order chi connectivity index (χ1) is 15.0. The summed E-state index contributed by atoms with van der Waals surface area (Å²) in [4.78, 5) is 39.0. The Labute approximate surface area is 184 Å². The number of anilines is 1. The number of hydrogen-bond acceptors (Lipinski definition) is 5. The van der Waals surface area contributed by atoms with Gasteiger partial charge < -0.3 is 5.32 Å². The van der Waals surface area contributed by atoms with Gasteiger partial charge in [0.2, 0.25) is 0 Å². The summed E-state index contributed by atoms with van der Waals surface area (Å²) in [7, 11) is 0. The average molecular weight is 437 g/mol. The summed E-state index contributed by atoms with van der Waals surface area (Å²) < 4.78 is 1.13. The molecule has 1 amide bonds. The molecule has 4 rings (SSSR count). The molecule has 7 nitrogen and oxygen atoms in total. The molecule has 1 aliphatic rings. The molecular formula is C23H24N4O3S. The van der Waals surface area contributed by atoms with E-state index in [1.54, 1.807) is 24.3 Å². The molecule has 1 aromatic heterocycles. The summed E-state index contributed by atoms with van der Waals surface area (Å²) >= 11 is 1.98. The predicted molar refractivity (Wildman–Crippen MR) is 124 cm³/mol. The van der Waals surface area contributed by atoms with E-state index in [9.17, 15) is 14.4 Å². The van der Waals surface area contributed by atoms with Gasteiger partial charge in [-0.25, -0.2) is 4.68 Å². The topological polar surface area (TPSA) is 87.2 Å². The van der Waals surface area contributed by atoms with Crippen LogP contribution in [0.4, 0.5) is 5.69 Å². The molecule has 31 heavy (non-hydrogen) atoms. The molecule has 1 fully saturated rings. The Bertz CT molecular complexity index is 1210. The second-order valence-corrected chi connectivity index (χ2v) is 8.75. The molecule has 0 unspecified atom stereocenters. The maximum Gasteiger partial charge on any atom is 0.269 e. The van der Waals surface area contributed by atoms with Gasteiger partial charge in [-0.2, -0.15) is 11.8 Å². The Kier molecular flexibility index (Phi) is 6.39. The van der Waals surface area contributed by atoms with Crippen molar-refractivity contribution in [1.29, 1.82) is 0 Å². The Hall–Kier alpha value is -3.10. The number of aromatic nitrogens is 2. The Morgan fingerprint density at radius 2 is 1.87 bits per heavy atom. The van der Waals surface area contributed by atoms with Gasteiger partial charge in [0.05, 0.1) is 5.69 Å². The molecule has 0 atom stereocenters. The summed E-state index contributed by atoms with van der Waals surface area (Å²) in [6, 6.07) is 15.1. The maximum atomic E-state index is 12.9. The lowest BCUT2D eigenvalue weighted by atomic mass is 10.1. The standard InChI is InChI=1S/C23H24N4O3S/c1-16-5-6-17(15-26-9-11-31-12-10-26)13-20(16)24-23(30)18-3-2-4-19(14-18)27-22(29)8-7-21(28)25-27/h2-8,13-14H,9-12,15H2,1H3,(H,24,30)(H,25,28). The zero-order valence-corrected chi connectivity index (χ0v) is 18.1. The van der Waals surface area contributed by atoms with Gasteiger partial charge in [0.25, 0.3) is 17.0 Å². The van der Waals surface area contributed by atoms with E-state index in [0.29, 0.717) is 11.3 Å². The van der Waals surface area contributed by atoms with Crippen molar-refractivity contribution in [2.24, 2.45) is 0 Å². The number of carbonyl (C=O) groups excluding carboxylic acids is 1. The van der Waals surface area contributed by atoms with E-state index < -0.39 is 5.56 Å². The van der Waals surface area contributed by atoms with Crippen LogP contribution in [0.5, 0.6) is 0 Å². The van der Waals surface area contributed by atoms with Crippen LogP contribution in [0, 0.1) is 6.92 Å². The van der Waals surface area contributed by atoms with Gasteiger partial charge in [-0.15, -0.1) is 0 Å². The number of aryl methyl sites for hydroxylation is 1. The zero-order valence-electron chi connectivity index (χ0n) is 17.3. The van der Waals surface area contributed by atoms with Crippen molar-refractivity contribution in [1.82, 2.24) is 14.7 Å². The number of rotatable bonds is 5. The minimum Gasteiger partial charge on any atom is -0.322 e. The van der Waals surface area contributed by atoms with Crippen LogP contribution in [0.1, 0.15) is 21.5 Å². The number of nitrogens with zero attached hydrogens (tertiary/aromatic N) is 2. The third kappa shape index (κ3) is 5.15.